The van der Waals surface area contributed by atoms with Gasteiger partial charge in [0, 0.05) is 29.5 Å². The maximum Gasteiger partial charge on any atom is 0.0794 e. The summed E-state index contributed by atoms with van der Waals surface area (Å²) in [5.74, 6) is 1.21. The van der Waals surface area contributed by atoms with Crippen LogP contribution in [0, 0.1) is 6.92 Å². The Hall–Kier alpha value is -1.19. The molecule has 1 aliphatic rings. The molecule has 1 saturated heterocycles. The van der Waals surface area contributed by atoms with E-state index in [2.05, 4.69) is 41.5 Å². The molecule has 1 fully saturated rings. The number of rotatable bonds is 2. The van der Waals surface area contributed by atoms with Gasteiger partial charge in [-0.25, -0.2) is 0 Å². The minimum absolute atomic E-state index is 0.583. The van der Waals surface area contributed by atoms with Crippen LogP contribution in [-0.2, 0) is 0 Å². The molecule has 0 saturated carbocycles. The number of benzene rings is 1. The van der Waals surface area contributed by atoms with E-state index >= 15 is 0 Å². The van der Waals surface area contributed by atoms with Gasteiger partial charge in [0.2, 0.25) is 0 Å². The molecule has 1 aromatic carbocycles. The van der Waals surface area contributed by atoms with E-state index in [1.165, 1.54) is 22.4 Å². The predicted molar refractivity (Wildman–Crippen MR) is 76.3 cm³/mol. The lowest BCUT2D eigenvalue weighted by molar-refractivity contribution is 0.408. The predicted octanol–water partition coefficient (Wildman–Crippen LogP) is 3.31. The quantitative estimate of drug-likeness (QED) is 0.894. The Bertz CT molecular complexity index is 490. The summed E-state index contributed by atoms with van der Waals surface area (Å²) < 4.78 is 0. The molecule has 2 aromatic rings. The zero-order valence-electron chi connectivity index (χ0n) is 10.6. The van der Waals surface area contributed by atoms with Gasteiger partial charge in [-0.05, 0) is 25.5 Å². The van der Waals surface area contributed by atoms with E-state index in [0.717, 1.165) is 13.1 Å². The number of hydrogen-bond acceptors (Lipinski definition) is 3. The van der Waals surface area contributed by atoms with Crippen LogP contribution in [0.5, 0.6) is 0 Å². The first kappa shape index (κ1) is 11.9. The fourth-order valence-electron chi connectivity index (χ4n) is 2.77. The van der Waals surface area contributed by atoms with Crippen molar-refractivity contribution in [2.75, 3.05) is 13.1 Å². The second kappa shape index (κ2) is 5.21. The van der Waals surface area contributed by atoms with Crippen molar-refractivity contribution in [2.45, 2.75) is 25.2 Å². The highest BCUT2D eigenvalue weighted by Gasteiger charge is 2.28. The number of thiazole rings is 1. The zero-order chi connectivity index (χ0) is 12.4. The average Bonchev–Trinajstić information content (AvgIpc) is 2.93. The topological polar surface area (TPSA) is 24.9 Å². The van der Waals surface area contributed by atoms with E-state index in [9.17, 15) is 0 Å². The Morgan fingerprint density at radius 1 is 1.22 bits per heavy atom. The van der Waals surface area contributed by atoms with Gasteiger partial charge in [-0.3, -0.25) is 4.98 Å². The normalized spacial score (nSPS) is 24.1. The highest BCUT2D eigenvalue weighted by Crippen LogP contribution is 2.38. The molecule has 2 atom stereocenters. The Labute approximate surface area is 112 Å². The molecule has 0 aliphatic carbocycles. The molecule has 2 unspecified atom stereocenters. The van der Waals surface area contributed by atoms with E-state index in [0.29, 0.717) is 11.8 Å². The summed E-state index contributed by atoms with van der Waals surface area (Å²) in [6.45, 7) is 4.33. The summed E-state index contributed by atoms with van der Waals surface area (Å²) >= 11 is 1.79. The third kappa shape index (κ3) is 2.33. The number of aromatic nitrogens is 1. The summed E-state index contributed by atoms with van der Waals surface area (Å²) in [5.41, 5.74) is 4.73. The molecule has 1 N–H and O–H groups in total. The summed E-state index contributed by atoms with van der Waals surface area (Å²) in [6.07, 6.45) is 3.25. The molecule has 3 heteroatoms. The van der Waals surface area contributed by atoms with E-state index in [-0.39, 0.29) is 0 Å². The maximum atomic E-state index is 4.24. The fraction of sp³-hybridized carbons (Fsp3) is 0.400. The number of nitrogens with one attached hydrogen (secondary N) is 1. The van der Waals surface area contributed by atoms with Crippen LogP contribution in [-0.4, -0.2) is 18.1 Å². The average molecular weight is 258 g/mol. The standard InChI is InChI=1S/C15H18N2S/c1-11-2-4-12(5-3-11)14-8-16-7-6-13(14)15-9-17-10-18-15/h2-5,9-10,13-14,16H,6-8H2,1H3. The third-order valence-corrected chi connectivity index (χ3v) is 4.71. The van der Waals surface area contributed by atoms with Gasteiger partial charge in [-0.15, -0.1) is 11.3 Å². The third-order valence-electron chi connectivity index (χ3n) is 3.80. The lowest BCUT2D eigenvalue weighted by Gasteiger charge is -2.31. The van der Waals surface area contributed by atoms with Crippen molar-refractivity contribution in [3.05, 3.63) is 52.0 Å². The molecule has 0 radical (unpaired) electrons. The molecule has 0 spiro atoms. The molecule has 18 heavy (non-hydrogen) atoms. The Morgan fingerprint density at radius 3 is 2.78 bits per heavy atom. The van der Waals surface area contributed by atoms with Crippen LogP contribution in [0.1, 0.15) is 34.3 Å². The van der Waals surface area contributed by atoms with Gasteiger partial charge in [0.05, 0.1) is 5.51 Å². The first-order valence-corrected chi connectivity index (χ1v) is 7.38. The van der Waals surface area contributed by atoms with Crippen LogP contribution in [0.4, 0.5) is 0 Å². The van der Waals surface area contributed by atoms with Crippen LogP contribution >= 0.6 is 11.3 Å². The van der Waals surface area contributed by atoms with E-state index in [1.54, 1.807) is 11.3 Å². The van der Waals surface area contributed by atoms with Crippen molar-refractivity contribution in [3.8, 4) is 0 Å². The second-order valence-electron chi connectivity index (χ2n) is 5.02. The van der Waals surface area contributed by atoms with Crippen LogP contribution < -0.4 is 5.32 Å². The molecular formula is C15H18N2S. The lowest BCUT2D eigenvalue weighted by atomic mass is 9.80. The van der Waals surface area contributed by atoms with Crippen LogP contribution in [0.25, 0.3) is 0 Å². The van der Waals surface area contributed by atoms with Gasteiger partial charge in [-0.2, -0.15) is 0 Å². The molecule has 1 aromatic heterocycles. The second-order valence-corrected chi connectivity index (χ2v) is 5.94. The Kier molecular flexibility index (Phi) is 3.43. The number of nitrogens with zero attached hydrogens (tertiary/aromatic N) is 1. The Balaban J connectivity index is 1.90. The zero-order valence-corrected chi connectivity index (χ0v) is 11.4. The molecule has 1 aliphatic heterocycles. The van der Waals surface area contributed by atoms with Crippen molar-refractivity contribution >= 4 is 11.3 Å². The molecule has 3 rings (SSSR count). The summed E-state index contributed by atoms with van der Waals surface area (Å²) in [7, 11) is 0. The van der Waals surface area contributed by atoms with Gasteiger partial charge < -0.3 is 5.32 Å². The van der Waals surface area contributed by atoms with Crippen LogP contribution in [0.2, 0.25) is 0 Å². The summed E-state index contributed by atoms with van der Waals surface area (Å²) in [6, 6.07) is 8.99. The fourth-order valence-corrected chi connectivity index (χ4v) is 3.59. The molecule has 0 amide bonds. The van der Waals surface area contributed by atoms with Crippen molar-refractivity contribution < 1.29 is 0 Å². The minimum atomic E-state index is 0.583. The molecule has 0 bridgehead atoms. The van der Waals surface area contributed by atoms with Gasteiger partial charge in [-0.1, -0.05) is 29.8 Å². The summed E-state index contributed by atoms with van der Waals surface area (Å²) in [4.78, 5) is 5.67. The van der Waals surface area contributed by atoms with Crippen molar-refractivity contribution in [1.82, 2.24) is 10.3 Å². The number of hydrogen-bond donors (Lipinski definition) is 1. The smallest absolute Gasteiger partial charge is 0.0794 e. The SMILES string of the molecule is Cc1ccc(C2CNCCC2c2cncs2)cc1. The van der Waals surface area contributed by atoms with E-state index < -0.39 is 0 Å². The highest BCUT2D eigenvalue weighted by atomic mass is 32.1. The highest BCUT2D eigenvalue weighted by molar-refractivity contribution is 7.09. The number of aryl methyl sites for hydroxylation is 1. The van der Waals surface area contributed by atoms with Gasteiger partial charge in [0.25, 0.3) is 0 Å². The molecule has 2 heterocycles. The van der Waals surface area contributed by atoms with Crippen LogP contribution in [0.3, 0.4) is 0 Å². The monoisotopic (exact) mass is 258 g/mol. The molecular weight excluding hydrogens is 240 g/mol. The minimum Gasteiger partial charge on any atom is -0.316 e. The summed E-state index contributed by atoms with van der Waals surface area (Å²) in [5, 5.41) is 3.52. The molecule has 2 nitrogen and oxygen atoms in total. The largest absolute Gasteiger partial charge is 0.316 e. The van der Waals surface area contributed by atoms with Crippen molar-refractivity contribution in [3.63, 3.8) is 0 Å². The van der Waals surface area contributed by atoms with E-state index in [1.807, 2.05) is 11.7 Å². The van der Waals surface area contributed by atoms with Crippen LogP contribution in [0.15, 0.2) is 36.0 Å². The van der Waals surface area contributed by atoms with Gasteiger partial charge >= 0.3 is 0 Å². The number of piperidine rings is 1. The van der Waals surface area contributed by atoms with Crippen molar-refractivity contribution in [2.24, 2.45) is 0 Å². The first-order chi connectivity index (χ1) is 8.84. The van der Waals surface area contributed by atoms with Gasteiger partial charge in [0.15, 0.2) is 0 Å². The van der Waals surface area contributed by atoms with Gasteiger partial charge in [0.1, 0.15) is 0 Å². The lowest BCUT2D eigenvalue weighted by Crippen LogP contribution is -2.33. The van der Waals surface area contributed by atoms with E-state index in [4.69, 9.17) is 0 Å². The molecule has 94 valence electrons. The van der Waals surface area contributed by atoms with Crippen molar-refractivity contribution in [1.29, 1.82) is 0 Å². The Morgan fingerprint density at radius 2 is 2.06 bits per heavy atom. The maximum absolute atomic E-state index is 4.24. The first-order valence-electron chi connectivity index (χ1n) is 6.50.